The van der Waals surface area contributed by atoms with Crippen molar-refractivity contribution in [3.8, 4) is 17.0 Å². The summed E-state index contributed by atoms with van der Waals surface area (Å²) in [5.74, 6) is 1.26. The molecule has 1 aliphatic heterocycles. The van der Waals surface area contributed by atoms with Gasteiger partial charge in [0, 0.05) is 56.4 Å². The SMILES string of the molecule is CNC(=O)CN(C)c1ccc(-c2ccnc(Nc3ccc(N4CCOCC4)c(OC)c3)n2)cc1. The number of anilines is 4. The molecule has 4 rings (SSSR count). The third kappa shape index (κ3) is 5.55. The molecular formula is C25H30N6O3. The fraction of sp³-hybridized carbons (Fsp3) is 0.320. The van der Waals surface area contributed by atoms with Crippen LogP contribution in [0.3, 0.4) is 0 Å². The molecule has 0 saturated carbocycles. The van der Waals surface area contributed by atoms with Crippen LogP contribution >= 0.6 is 0 Å². The highest BCUT2D eigenvalue weighted by Crippen LogP contribution is 2.32. The fourth-order valence-electron chi connectivity index (χ4n) is 3.80. The predicted molar refractivity (Wildman–Crippen MR) is 134 cm³/mol. The van der Waals surface area contributed by atoms with Crippen molar-refractivity contribution in [1.29, 1.82) is 0 Å². The molecule has 1 aromatic heterocycles. The summed E-state index contributed by atoms with van der Waals surface area (Å²) < 4.78 is 11.1. The summed E-state index contributed by atoms with van der Waals surface area (Å²) in [4.78, 5) is 24.8. The molecule has 1 saturated heterocycles. The lowest BCUT2D eigenvalue weighted by Gasteiger charge is -2.30. The second-order valence-electron chi connectivity index (χ2n) is 7.95. The molecule has 0 radical (unpaired) electrons. The van der Waals surface area contributed by atoms with E-state index < -0.39 is 0 Å². The Hall–Kier alpha value is -3.85. The zero-order chi connectivity index (χ0) is 23.9. The monoisotopic (exact) mass is 462 g/mol. The first-order valence-corrected chi connectivity index (χ1v) is 11.2. The van der Waals surface area contributed by atoms with Gasteiger partial charge in [0.1, 0.15) is 5.75 Å². The van der Waals surface area contributed by atoms with Gasteiger partial charge in [-0.25, -0.2) is 9.97 Å². The Morgan fingerprint density at radius 2 is 1.91 bits per heavy atom. The number of ether oxygens (including phenoxy) is 2. The average molecular weight is 463 g/mol. The van der Waals surface area contributed by atoms with Crippen LogP contribution in [0.5, 0.6) is 5.75 Å². The van der Waals surface area contributed by atoms with E-state index in [2.05, 4.69) is 25.5 Å². The number of nitrogens with one attached hydrogen (secondary N) is 2. The van der Waals surface area contributed by atoms with Gasteiger partial charge < -0.3 is 29.9 Å². The summed E-state index contributed by atoms with van der Waals surface area (Å²) in [6.45, 7) is 3.42. The van der Waals surface area contributed by atoms with Crippen molar-refractivity contribution in [2.24, 2.45) is 0 Å². The van der Waals surface area contributed by atoms with Gasteiger partial charge >= 0.3 is 0 Å². The Bertz CT molecular complexity index is 1120. The number of benzene rings is 2. The van der Waals surface area contributed by atoms with Crippen LogP contribution in [0.25, 0.3) is 11.3 Å². The quantitative estimate of drug-likeness (QED) is 0.528. The van der Waals surface area contributed by atoms with Crippen LogP contribution in [0, 0.1) is 0 Å². The summed E-state index contributed by atoms with van der Waals surface area (Å²) in [5.41, 5.74) is 4.61. The molecule has 2 heterocycles. The first kappa shape index (κ1) is 23.3. The van der Waals surface area contributed by atoms with Crippen LogP contribution in [-0.2, 0) is 9.53 Å². The second kappa shape index (κ2) is 10.8. The van der Waals surface area contributed by atoms with Crippen LogP contribution in [0.15, 0.2) is 54.7 Å². The number of rotatable bonds is 8. The first-order valence-electron chi connectivity index (χ1n) is 11.2. The van der Waals surface area contributed by atoms with Gasteiger partial charge in [-0.3, -0.25) is 4.79 Å². The smallest absolute Gasteiger partial charge is 0.239 e. The number of carbonyl (C=O) groups is 1. The maximum absolute atomic E-state index is 11.6. The standard InChI is InChI=1S/C25H30N6O3/c1-26-24(32)17-30(2)20-7-4-18(5-8-20)21-10-11-27-25(29-21)28-19-6-9-22(23(16-19)33-3)31-12-14-34-15-13-31/h4-11,16H,12-15,17H2,1-3H3,(H,26,32)(H,27,28,29). The van der Waals surface area contributed by atoms with E-state index in [0.717, 1.165) is 60.4 Å². The van der Waals surface area contributed by atoms with E-state index in [0.29, 0.717) is 12.5 Å². The highest BCUT2D eigenvalue weighted by atomic mass is 16.5. The Labute approximate surface area is 199 Å². The minimum atomic E-state index is -0.0345. The van der Waals surface area contributed by atoms with Crippen molar-refractivity contribution in [3.63, 3.8) is 0 Å². The van der Waals surface area contributed by atoms with Crippen LogP contribution < -0.4 is 25.2 Å². The van der Waals surface area contributed by atoms with E-state index in [-0.39, 0.29) is 5.91 Å². The lowest BCUT2D eigenvalue weighted by molar-refractivity contribution is -0.119. The Balaban J connectivity index is 1.48. The van der Waals surface area contributed by atoms with Gasteiger partial charge in [0.2, 0.25) is 11.9 Å². The molecule has 1 amide bonds. The lowest BCUT2D eigenvalue weighted by atomic mass is 10.1. The number of morpholine rings is 1. The fourth-order valence-corrected chi connectivity index (χ4v) is 3.80. The van der Waals surface area contributed by atoms with Crippen molar-refractivity contribution in [2.45, 2.75) is 0 Å². The maximum atomic E-state index is 11.6. The van der Waals surface area contributed by atoms with Crippen LogP contribution in [0.2, 0.25) is 0 Å². The molecule has 2 aromatic carbocycles. The number of hydrogen-bond acceptors (Lipinski definition) is 8. The molecule has 0 atom stereocenters. The zero-order valence-electron chi connectivity index (χ0n) is 19.7. The highest BCUT2D eigenvalue weighted by Gasteiger charge is 2.16. The van der Waals surface area contributed by atoms with E-state index >= 15 is 0 Å². The van der Waals surface area contributed by atoms with Gasteiger partial charge in [0.15, 0.2) is 0 Å². The minimum absolute atomic E-state index is 0.0345. The molecule has 0 aliphatic carbocycles. The highest BCUT2D eigenvalue weighted by molar-refractivity contribution is 5.81. The molecule has 178 valence electrons. The molecule has 1 fully saturated rings. The van der Waals surface area contributed by atoms with Gasteiger partial charge in [-0.05, 0) is 30.3 Å². The van der Waals surface area contributed by atoms with Gasteiger partial charge in [0.05, 0.1) is 38.2 Å². The Kier molecular flexibility index (Phi) is 7.44. The summed E-state index contributed by atoms with van der Waals surface area (Å²) in [7, 11) is 5.19. The molecule has 34 heavy (non-hydrogen) atoms. The molecule has 0 unspecified atom stereocenters. The van der Waals surface area contributed by atoms with Gasteiger partial charge in [-0.15, -0.1) is 0 Å². The molecule has 9 nitrogen and oxygen atoms in total. The van der Waals surface area contributed by atoms with Gasteiger partial charge in [0.25, 0.3) is 0 Å². The molecule has 0 spiro atoms. The van der Waals surface area contributed by atoms with Crippen molar-refractivity contribution in [2.75, 3.05) is 69.2 Å². The van der Waals surface area contributed by atoms with Crippen molar-refractivity contribution in [1.82, 2.24) is 15.3 Å². The van der Waals surface area contributed by atoms with Gasteiger partial charge in [-0.2, -0.15) is 0 Å². The van der Waals surface area contributed by atoms with E-state index in [9.17, 15) is 4.79 Å². The second-order valence-corrected chi connectivity index (χ2v) is 7.95. The summed E-state index contributed by atoms with van der Waals surface area (Å²) in [5, 5.41) is 5.91. The molecule has 0 bridgehead atoms. The summed E-state index contributed by atoms with van der Waals surface area (Å²) >= 11 is 0. The van der Waals surface area contributed by atoms with E-state index in [1.165, 1.54) is 0 Å². The van der Waals surface area contributed by atoms with E-state index in [1.807, 2.05) is 60.5 Å². The average Bonchev–Trinajstić information content (AvgIpc) is 2.89. The van der Waals surface area contributed by atoms with Gasteiger partial charge in [-0.1, -0.05) is 12.1 Å². The number of aromatic nitrogens is 2. The van der Waals surface area contributed by atoms with E-state index in [1.54, 1.807) is 20.4 Å². The zero-order valence-corrected chi connectivity index (χ0v) is 19.7. The topological polar surface area (TPSA) is 91.9 Å². The summed E-state index contributed by atoms with van der Waals surface area (Å²) in [6.07, 6.45) is 1.73. The number of carbonyl (C=O) groups excluding carboxylic acids is 1. The van der Waals surface area contributed by atoms with Crippen molar-refractivity contribution < 1.29 is 14.3 Å². The molecule has 9 heteroatoms. The molecule has 2 N–H and O–H groups in total. The lowest BCUT2D eigenvalue weighted by Crippen LogP contribution is -2.36. The predicted octanol–water partition coefficient (Wildman–Crippen LogP) is 2.91. The Morgan fingerprint density at radius 1 is 1.15 bits per heavy atom. The molecule has 1 aliphatic rings. The number of nitrogens with zero attached hydrogens (tertiary/aromatic N) is 4. The number of methoxy groups -OCH3 is 1. The summed E-state index contributed by atoms with van der Waals surface area (Å²) in [6, 6.07) is 15.8. The minimum Gasteiger partial charge on any atom is -0.495 e. The van der Waals surface area contributed by atoms with Crippen molar-refractivity contribution in [3.05, 3.63) is 54.7 Å². The largest absolute Gasteiger partial charge is 0.495 e. The van der Waals surface area contributed by atoms with Crippen LogP contribution in [0.4, 0.5) is 23.0 Å². The number of likely N-dealkylation sites (N-methyl/N-ethyl adjacent to an activating group) is 2. The normalized spacial score (nSPS) is 13.3. The molecule has 3 aromatic rings. The van der Waals surface area contributed by atoms with Crippen LogP contribution in [-0.4, -0.2) is 69.9 Å². The van der Waals surface area contributed by atoms with Crippen LogP contribution in [0.1, 0.15) is 0 Å². The third-order valence-corrected chi connectivity index (χ3v) is 5.71. The third-order valence-electron chi connectivity index (χ3n) is 5.71. The number of hydrogen-bond donors (Lipinski definition) is 2. The molecular weight excluding hydrogens is 432 g/mol. The first-order chi connectivity index (χ1) is 16.6. The Morgan fingerprint density at radius 3 is 2.62 bits per heavy atom. The van der Waals surface area contributed by atoms with Crippen molar-refractivity contribution >= 4 is 28.9 Å². The van der Waals surface area contributed by atoms with E-state index in [4.69, 9.17) is 9.47 Å². The maximum Gasteiger partial charge on any atom is 0.239 e. The number of amides is 1.